The average molecular weight is 294 g/mol. The molecule has 20 heavy (non-hydrogen) atoms. The molecule has 0 spiro atoms. The van der Waals surface area contributed by atoms with Crippen LogP contribution in [-0.4, -0.2) is 57.6 Å². The van der Waals surface area contributed by atoms with Crippen LogP contribution in [0, 0.1) is 0 Å². The summed E-state index contributed by atoms with van der Waals surface area (Å²) in [6, 6.07) is 0. The highest BCUT2D eigenvalue weighted by atomic mass is 16.3. The summed E-state index contributed by atoms with van der Waals surface area (Å²) >= 11 is 0. The minimum absolute atomic E-state index is 0.0868. The molecule has 0 rings (SSSR count). The van der Waals surface area contributed by atoms with Gasteiger partial charge in [-0.1, -0.05) is 58.3 Å². The summed E-state index contributed by atoms with van der Waals surface area (Å²) in [4.78, 5) is 0. The summed E-state index contributed by atoms with van der Waals surface area (Å²) < 4.78 is 0. The molecule has 0 aliphatic rings. The number of unbranched alkanes of at least 4 members (excludes halogenated alkanes) is 7. The molecule has 0 aromatic heterocycles. The number of hydrogen-bond acceptors (Lipinski definition) is 5. The van der Waals surface area contributed by atoms with Crippen molar-refractivity contribution >= 4 is 0 Å². The van der Waals surface area contributed by atoms with E-state index in [2.05, 4.69) is 6.92 Å². The highest BCUT2D eigenvalue weighted by Crippen LogP contribution is 2.10. The molecular weight excluding hydrogens is 260 g/mol. The van der Waals surface area contributed by atoms with Gasteiger partial charge in [0.25, 0.3) is 0 Å². The van der Waals surface area contributed by atoms with Gasteiger partial charge in [-0.3, -0.25) is 0 Å². The Bertz CT molecular complexity index is 162. The molecule has 0 aliphatic carbocycles. The third-order valence-electron chi connectivity index (χ3n) is 3.02. The van der Waals surface area contributed by atoms with Crippen LogP contribution in [0.1, 0.15) is 64.7 Å². The SMILES string of the molecule is CCCCCCCCCCC(O)CO.OCC(O)CO. The predicted molar refractivity (Wildman–Crippen MR) is 80.5 cm³/mol. The zero-order valence-corrected chi connectivity index (χ0v) is 12.9. The molecule has 5 heteroatoms. The predicted octanol–water partition coefficient (Wildman–Crippen LogP) is 1.20. The summed E-state index contributed by atoms with van der Waals surface area (Å²) in [6.07, 6.45) is 9.57. The van der Waals surface area contributed by atoms with Gasteiger partial charge in [-0.2, -0.15) is 0 Å². The lowest BCUT2D eigenvalue weighted by atomic mass is 10.1. The second-order valence-electron chi connectivity index (χ2n) is 5.12. The van der Waals surface area contributed by atoms with Crippen LogP contribution in [0.25, 0.3) is 0 Å². The molecule has 1 unspecified atom stereocenters. The van der Waals surface area contributed by atoms with E-state index in [0.717, 1.165) is 12.8 Å². The maximum atomic E-state index is 9.08. The van der Waals surface area contributed by atoms with Gasteiger partial charge in [-0.15, -0.1) is 0 Å². The van der Waals surface area contributed by atoms with Gasteiger partial charge in [0.2, 0.25) is 0 Å². The van der Waals surface area contributed by atoms with E-state index in [0.29, 0.717) is 0 Å². The Morgan fingerprint density at radius 3 is 1.35 bits per heavy atom. The van der Waals surface area contributed by atoms with E-state index < -0.39 is 12.2 Å². The van der Waals surface area contributed by atoms with Crippen LogP contribution < -0.4 is 0 Å². The van der Waals surface area contributed by atoms with Crippen molar-refractivity contribution in [2.24, 2.45) is 0 Å². The molecule has 0 saturated heterocycles. The van der Waals surface area contributed by atoms with E-state index in [1.54, 1.807) is 0 Å². The quantitative estimate of drug-likeness (QED) is 0.348. The Morgan fingerprint density at radius 1 is 0.600 bits per heavy atom. The van der Waals surface area contributed by atoms with E-state index in [4.69, 9.17) is 25.5 Å². The smallest absolute Gasteiger partial charge is 0.100 e. The van der Waals surface area contributed by atoms with Crippen molar-refractivity contribution in [2.75, 3.05) is 19.8 Å². The molecule has 0 heterocycles. The standard InChI is InChI=1S/C12H26O2.C3H8O3/c1-2-3-4-5-6-7-8-9-10-12(14)11-13;4-1-3(6)2-5/h12-14H,2-11H2,1H3;3-6H,1-2H2. The first-order chi connectivity index (χ1) is 9.62. The summed E-state index contributed by atoms with van der Waals surface area (Å²) in [5.41, 5.74) is 0. The Morgan fingerprint density at radius 2 is 1.00 bits per heavy atom. The highest BCUT2D eigenvalue weighted by molar-refractivity contribution is 4.53. The van der Waals surface area contributed by atoms with E-state index in [-0.39, 0.29) is 19.8 Å². The minimum atomic E-state index is -0.954. The first-order valence-corrected chi connectivity index (χ1v) is 7.81. The van der Waals surface area contributed by atoms with Crippen molar-refractivity contribution in [3.05, 3.63) is 0 Å². The van der Waals surface area contributed by atoms with Crippen LogP contribution in [0.5, 0.6) is 0 Å². The van der Waals surface area contributed by atoms with Crippen molar-refractivity contribution in [2.45, 2.75) is 76.9 Å². The van der Waals surface area contributed by atoms with Crippen molar-refractivity contribution in [1.29, 1.82) is 0 Å². The van der Waals surface area contributed by atoms with Crippen LogP contribution in [0.2, 0.25) is 0 Å². The molecule has 0 bridgehead atoms. The van der Waals surface area contributed by atoms with Crippen LogP contribution in [-0.2, 0) is 0 Å². The number of aliphatic hydroxyl groups is 5. The third kappa shape index (κ3) is 20.1. The summed E-state index contributed by atoms with van der Waals surface area (Å²) in [5.74, 6) is 0. The molecule has 124 valence electrons. The monoisotopic (exact) mass is 294 g/mol. The summed E-state index contributed by atoms with van der Waals surface area (Å²) in [5, 5.41) is 41.7. The van der Waals surface area contributed by atoms with Crippen LogP contribution in [0.15, 0.2) is 0 Å². The molecule has 0 fully saturated rings. The van der Waals surface area contributed by atoms with E-state index >= 15 is 0 Å². The van der Waals surface area contributed by atoms with Gasteiger partial charge in [-0.05, 0) is 6.42 Å². The van der Waals surface area contributed by atoms with Gasteiger partial charge in [0, 0.05) is 0 Å². The van der Waals surface area contributed by atoms with E-state index in [9.17, 15) is 0 Å². The molecule has 0 aromatic rings. The largest absolute Gasteiger partial charge is 0.394 e. The molecule has 5 nitrogen and oxygen atoms in total. The zero-order chi connectivity index (χ0) is 15.6. The molecule has 0 saturated carbocycles. The number of rotatable bonds is 12. The lowest BCUT2D eigenvalue weighted by Gasteiger charge is -2.06. The fourth-order valence-corrected chi connectivity index (χ4v) is 1.66. The van der Waals surface area contributed by atoms with Crippen LogP contribution >= 0.6 is 0 Å². The second-order valence-corrected chi connectivity index (χ2v) is 5.12. The third-order valence-corrected chi connectivity index (χ3v) is 3.02. The molecule has 1 atom stereocenters. The molecule has 0 amide bonds. The fraction of sp³-hybridized carbons (Fsp3) is 1.00. The van der Waals surface area contributed by atoms with Crippen molar-refractivity contribution < 1.29 is 25.5 Å². The van der Waals surface area contributed by atoms with Gasteiger partial charge in [-0.25, -0.2) is 0 Å². The lowest BCUT2D eigenvalue weighted by molar-refractivity contribution is 0.0450. The lowest BCUT2D eigenvalue weighted by Crippen LogP contribution is -2.15. The Kier molecular flexibility index (Phi) is 20.8. The van der Waals surface area contributed by atoms with E-state index in [1.807, 2.05) is 0 Å². The average Bonchev–Trinajstić information content (AvgIpc) is 2.49. The van der Waals surface area contributed by atoms with Gasteiger partial charge in [0.05, 0.1) is 25.9 Å². The first kappa shape index (κ1) is 22.1. The summed E-state index contributed by atoms with van der Waals surface area (Å²) in [6.45, 7) is 1.42. The Hall–Kier alpha value is -0.200. The molecule has 0 aromatic carbocycles. The maximum absolute atomic E-state index is 9.08. The van der Waals surface area contributed by atoms with Gasteiger partial charge in [0.1, 0.15) is 6.10 Å². The number of hydrogen-bond donors (Lipinski definition) is 5. The van der Waals surface area contributed by atoms with Crippen molar-refractivity contribution in [3.8, 4) is 0 Å². The normalized spacial score (nSPS) is 12.2. The fourth-order valence-electron chi connectivity index (χ4n) is 1.66. The molecular formula is C15H34O5. The van der Waals surface area contributed by atoms with E-state index in [1.165, 1.54) is 44.9 Å². The summed E-state index contributed by atoms with van der Waals surface area (Å²) in [7, 11) is 0. The molecule has 0 aliphatic heterocycles. The topological polar surface area (TPSA) is 101 Å². The maximum Gasteiger partial charge on any atom is 0.100 e. The van der Waals surface area contributed by atoms with Gasteiger partial charge in [0.15, 0.2) is 0 Å². The van der Waals surface area contributed by atoms with Crippen LogP contribution in [0.3, 0.4) is 0 Å². The van der Waals surface area contributed by atoms with Gasteiger partial charge < -0.3 is 25.5 Å². The second kappa shape index (κ2) is 18.8. The highest BCUT2D eigenvalue weighted by Gasteiger charge is 2.00. The van der Waals surface area contributed by atoms with Crippen LogP contribution in [0.4, 0.5) is 0 Å². The molecule has 5 N–H and O–H groups in total. The zero-order valence-electron chi connectivity index (χ0n) is 12.9. The Balaban J connectivity index is 0. The van der Waals surface area contributed by atoms with Crippen molar-refractivity contribution in [1.82, 2.24) is 0 Å². The Labute approximate surface area is 123 Å². The minimum Gasteiger partial charge on any atom is -0.394 e. The van der Waals surface area contributed by atoms with Gasteiger partial charge >= 0.3 is 0 Å². The van der Waals surface area contributed by atoms with Crippen molar-refractivity contribution in [3.63, 3.8) is 0 Å². The number of aliphatic hydroxyl groups excluding tert-OH is 5. The molecule has 0 radical (unpaired) electrons. The first-order valence-electron chi connectivity index (χ1n) is 7.81.